The van der Waals surface area contributed by atoms with Gasteiger partial charge in [-0.25, -0.2) is 0 Å². The molecule has 6 heteroatoms. The summed E-state index contributed by atoms with van der Waals surface area (Å²) in [5, 5.41) is 10.5. The maximum absolute atomic E-state index is 12.0. The second-order valence-corrected chi connectivity index (χ2v) is 7.05. The quantitative estimate of drug-likeness (QED) is 0.845. The molecule has 1 amide bonds. The number of aromatic nitrogens is 2. The van der Waals surface area contributed by atoms with Gasteiger partial charge in [0.2, 0.25) is 0 Å². The fourth-order valence-corrected chi connectivity index (χ4v) is 3.68. The molecule has 0 aliphatic carbocycles. The second kappa shape index (κ2) is 7.93. The van der Waals surface area contributed by atoms with Gasteiger partial charge in [-0.05, 0) is 63.7 Å². The summed E-state index contributed by atoms with van der Waals surface area (Å²) in [6, 6.07) is 0. The van der Waals surface area contributed by atoms with Gasteiger partial charge in [-0.1, -0.05) is 0 Å². The van der Waals surface area contributed by atoms with Crippen molar-refractivity contribution in [2.45, 2.75) is 25.7 Å². The van der Waals surface area contributed by atoms with Crippen molar-refractivity contribution in [3.8, 4) is 0 Å². The van der Waals surface area contributed by atoms with Crippen LogP contribution in [0.1, 0.15) is 36.0 Å². The fourth-order valence-electron chi connectivity index (χ4n) is 3.68. The van der Waals surface area contributed by atoms with E-state index < -0.39 is 0 Å². The summed E-state index contributed by atoms with van der Waals surface area (Å²) in [4.78, 5) is 14.7. The molecule has 2 N–H and O–H groups in total. The maximum Gasteiger partial charge on any atom is 0.254 e. The van der Waals surface area contributed by atoms with Crippen LogP contribution >= 0.6 is 0 Å². The van der Waals surface area contributed by atoms with Crippen LogP contribution in [0.15, 0.2) is 12.4 Å². The molecule has 2 saturated heterocycles. The minimum absolute atomic E-state index is 0.00441. The Morgan fingerprint density at radius 3 is 2.65 bits per heavy atom. The molecule has 0 saturated carbocycles. The van der Waals surface area contributed by atoms with E-state index in [9.17, 15) is 4.79 Å². The van der Waals surface area contributed by atoms with Gasteiger partial charge in [0.25, 0.3) is 5.91 Å². The smallest absolute Gasteiger partial charge is 0.254 e. The number of nitrogens with zero attached hydrogens (tertiary/aromatic N) is 3. The summed E-state index contributed by atoms with van der Waals surface area (Å²) in [6.45, 7) is 6.77. The lowest BCUT2D eigenvalue weighted by atomic mass is 9.93. The Morgan fingerprint density at radius 1 is 1.26 bits per heavy atom. The van der Waals surface area contributed by atoms with E-state index in [1.165, 1.54) is 58.4 Å². The molecule has 128 valence electrons. The number of likely N-dealkylation sites (tertiary alicyclic amines) is 1. The van der Waals surface area contributed by atoms with Crippen LogP contribution in [0.25, 0.3) is 0 Å². The SMILES string of the molecule is Cn1cc(C(=O)NCC2CCN(CC3CCNCC3)CC2)cn1. The molecule has 1 aromatic heterocycles. The Morgan fingerprint density at radius 2 is 2.00 bits per heavy atom. The highest BCUT2D eigenvalue weighted by Gasteiger charge is 2.23. The molecule has 2 aliphatic rings. The van der Waals surface area contributed by atoms with Gasteiger partial charge in [0.1, 0.15) is 0 Å². The van der Waals surface area contributed by atoms with Crippen molar-refractivity contribution in [1.82, 2.24) is 25.3 Å². The van der Waals surface area contributed by atoms with Gasteiger partial charge < -0.3 is 15.5 Å². The Labute approximate surface area is 138 Å². The topological polar surface area (TPSA) is 62.2 Å². The van der Waals surface area contributed by atoms with Crippen LogP contribution in [0.5, 0.6) is 0 Å². The van der Waals surface area contributed by atoms with Crippen LogP contribution < -0.4 is 10.6 Å². The number of hydrogen-bond donors (Lipinski definition) is 2. The summed E-state index contributed by atoms with van der Waals surface area (Å²) >= 11 is 0. The van der Waals surface area contributed by atoms with E-state index in [1.54, 1.807) is 17.1 Å². The molecule has 2 fully saturated rings. The van der Waals surface area contributed by atoms with E-state index in [2.05, 4.69) is 20.6 Å². The summed E-state index contributed by atoms with van der Waals surface area (Å²) in [7, 11) is 1.83. The molecule has 1 aromatic rings. The normalized spacial score (nSPS) is 21.4. The van der Waals surface area contributed by atoms with E-state index in [0.717, 1.165) is 12.5 Å². The molecule has 0 aromatic carbocycles. The average Bonchev–Trinajstić information content (AvgIpc) is 3.01. The number of carbonyl (C=O) groups is 1. The van der Waals surface area contributed by atoms with E-state index in [-0.39, 0.29) is 5.91 Å². The predicted molar refractivity (Wildman–Crippen MR) is 90.3 cm³/mol. The summed E-state index contributed by atoms with van der Waals surface area (Å²) in [5.74, 6) is 1.48. The van der Waals surface area contributed by atoms with Gasteiger partial charge in [-0.15, -0.1) is 0 Å². The molecule has 6 nitrogen and oxygen atoms in total. The van der Waals surface area contributed by atoms with Crippen LogP contribution in [0.2, 0.25) is 0 Å². The molecule has 23 heavy (non-hydrogen) atoms. The minimum Gasteiger partial charge on any atom is -0.352 e. The van der Waals surface area contributed by atoms with Crippen LogP contribution in [0, 0.1) is 11.8 Å². The first-order valence-electron chi connectivity index (χ1n) is 8.90. The van der Waals surface area contributed by atoms with Crippen molar-refractivity contribution >= 4 is 5.91 Å². The third-order valence-corrected chi connectivity index (χ3v) is 5.20. The maximum atomic E-state index is 12.0. The summed E-state index contributed by atoms with van der Waals surface area (Å²) in [5.41, 5.74) is 0.649. The molecule has 3 rings (SSSR count). The lowest BCUT2D eigenvalue weighted by Gasteiger charge is -2.35. The van der Waals surface area contributed by atoms with E-state index >= 15 is 0 Å². The number of amides is 1. The zero-order valence-corrected chi connectivity index (χ0v) is 14.1. The molecule has 0 bridgehead atoms. The molecule has 0 unspecified atom stereocenters. The molecular weight excluding hydrogens is 290 g/mol. The van der Waals surface area contributed by atoms with Gasteiger partial charge in [-0.2, -0.15) is 5.10 Å². The van der Waals surface area contributed by atoms with Crippen molar-refractivity contribution in [3.05, 3.63) is 18.0 Å². The number of piperidine rings is 2. The average molecular weight is 319 g/mol. The first-order valence-corrected chi connectivity index (χ1v) is 8.90. The molecule has 0 spiro atoms. The van der Waals surface area contributed by atoms with Crippen molar-refractivity contribution in [2.24, 2.45) is 18.9 Å². The van der Waals surface area contributed by atoms with Crippen LogP contribution in [0.3, 0.4) is 0 Å². The molecule has 0 atom stereocenters. The largest absolute Gasteiger partial charge is 0.352 e. The zero-order valence-electron chi connectivity index (χ0n) is 14.1. The standard InChI is InChI=1S/C17H29N5O/c1-21-13-16(11-20-21)17(23)19-10-14-4-8-22(9-5-14)12-15-2-6-18-7-3-15/h11,13-15,18H,2-10,12H2,1H3,(H,19,23). The number of nitrogens with one attached hydrogen (secondary N) is 2. The number of aryl methyl sites for hydroxylation is 1. The highest BCUT2D eigenvalue weighted by atomic mass is 16.1. The van der Waals surface area contributed by atoms with Crippen molar-refractivity contribution in [1.29, 1.82) is 0 Å². The van der Waals surface area contributed by atoms with Crippen molar-refractivity contribution in [2.75, 3.05) is 39.3 Å². The van der Waals surface area contributed by atoms with Crippen molar-refractivity contribution < 1.29 is 4.79 Å². The van der Waals surface area contributed by atoms with Gasteiger partial charge in [0, 0.05) is 26.3 Å². The first kappa shape index (κ1) is 16.5. The van der Waals surface area contributed by atoms with Crippen LogP contribution in [-0.2, 0) is 7.05 Å². The minimum atomic E-state index is -0.00441. The number of carbonyl (C=O) groups excluding carboxylic acids is 1. The third-order valence-electron chi connectivity index (χ3n) is 5.20. The number of rotatable bonds is 5. The van der Waals surface area contributed by atoms with E-state index in [4.69, 9.17) is 0 Å². The Bertz CT molecular complexity index is 501. The van der Waals surface area contributed by atoms with Gasteiger partial charge in [0.05, 0.1) is 11.8 Å². The molecule has 3 heterocycles. The fraction of sp³-hybridized carbons (Fsp3) is 0.765. The summed E-state index contributed by atoms with van der Waals surface area (Å²) < 4.78 is 1.66. The third kappa shape index (κ3) is 4.78. The highest BCUT2D eigenvalue weighted by molar-refractivity contribution is 5.93. The van der Waals surface area contributed by atoms with Gasteiger partial charge in [-0.3, -0.25) is 9.48 Å². The molecule has 2 aliphatic heterocycles. The predicted octanol–water partition coefficient (Wildman–Crippen LogP) is 0.862. The lowest BCUT2D eigenvalue weighted by Crippen LogP contribution is -2.42. The monoisotopic (exact) mass is 319 g/mol. The van der Waals surface area contributed by atoms with Crippen LogP contribution in [-0.4, -0.2) is 59.9 Å². The molecule has 0 radical (unpaired) electrons. The van der Waals surface area contributed by atoms with E-state index in [1.807, 2.05) is 7.05 Å². The van der Waals surface area contributed by atoms with Gasteiger partial charge >= 0.3 is 0 Å². The lowest BCUT2D eigenvalue weighted by molar-refractivity contribution is 0.0931. The molecular formula is C17H29N5O. The van der Waals surface area contributed by atoms with E-state index in [0.29, 0.717) is 11.5 Å². The zero-order chi connectivity index (χ0) is 16.1. The highest BCUT2D eigenvalue weighted by Crippen LogP contribution is 2.20. The number of hydrogen-bond acceptors (Lipinski definition) is 4. The summed E-state index contributed by atoms with van der Waals surface area (Å²) in [6.07, 6.45) is 8.41. The van der Waals surface area contributed by atoms with Crippen molar-refractivity contribution in [3.63, 3.8) is 0 Å². The second-order valence-electron chi connectivity index (χ2n) is 7.05. The Kier molecular flexibility index (Phi) is 5.67. The Hall–Kier alpha value is -1.40. The van der Waals surface area contributed by atoms with Crippen LogP contribution in [0.4, 0.5) is 0 Å². The Balaban J connectivity index is 1.35. The van der Waals surface area contributed by atoms with Gasteiger partial charge in [0.15, 0.2) is 0 Å². The first-order chi connectivity index (χ1) is 11.2.